The summed E-state index contributed by atoms with van der Waals surface area (Å²) >= 11 is 0. The van der Waals surface area contributed by atoms with Gasteiger partial charge in [-0.2, -0.15) is 0 Å². The number of amides is 4. The van der Waals surface area contributed by atoms with E-state index in [0.29, 0.717) is 30.8 Å². The van der Waals surface area contributed by atoms with Gasteiger partial charge in [0.15, 0.2) is 0 Å². The smallest absolute Gasteiger partial charge is 0.270 e. The van der Waals surface area contributed by atoms with Crippen LogP contribution in [-0.2, 0) is 16.6 Å². The van der Waals surface area contributed by atoms with Gasteiger partial charge in [0.25, 0.3) is 11.8 Å². The number of carbonyl (C=O) groups is 4. The highest BCUT2D eigenvalue weighted by Crippen LogP contribution is 2.18. The molecule has 2 N–H and O–H groups in total. The Hall–Kier alpha value is -3.62. The van der Waals surface area contributed by atoms with Gasteiger partial charge in [-0.05, 0) is 37.1 Å². The molecule has 0 spiro atoms. The van der Waals surface area contributed by atoms with Gasteiger partial charge in [0.2, 0.25) is 11.8 Å². The predicted molar refractivity (Wildman–Crippen MR) is 117 cm³/mol. The van der Waals surface area contributed by atoms with Crippen LogP contribution in [0.5, 0.6) is 0 Å². The van der Waals surface area contributed by atoms with Gasteiger partial charge >= 0.3 is 0 Å². The van der Waals surface area contributed by atoms with E-state index in [1.165, 1.54) is 4.90 Å². The molecule has 0 bridgehead atoms. The molecular weight excluding hydrogens is 410 g/mol. The summed E-state index contributed by atoms with van der Waals surface area (Å²) in [6.07, 6.45) is 3.10. The molecule has 2 saturated heterocycles. The van der Waals surface area contributed by atoms with Crippen molar-refractivity contribution in [3.05, 3.63) is 59.9 Å². The first-order chi connectivity index (χ1) is 15.5. The number of nitrogens with zero attached hydrogens (tertiary/aromatic N) is 3. The van der Waals surface area contributed by atoms with Crippen LogP contribution < -0.4 is 10.6 Å². The minimum Gasteiger partial charge on any atom is -0.354 e. The summed E-state index contributed by atoms with van der Waals surface area (Å²) in [4.78, 5) is 54.7. The van der Waals surface area contributed by atoms with Crippen molar-refractivity contribution in [3.8, 4) is 0 Å². The Morgan fingerprint density at radius 1 is 1.03 bits per heavy atom. The van der Waals surface area contributed by atoms with Crippen molar-refractivity contribution in [2.45, 2.75) is 24.9 Å². The average Bonchev–Trinajstić information content (AvgIpc) is 3.25. The molecule has 2 aliphatic rings. The fraction of sp³-hybridized carbons (Fsp3) is 0.391. The van der Waals surface area contributed by atoms with Crippen molar-refractivity contribution < 1.29 is 19.2 Å². The van der Waals surface area contributed by atoms with Crippen molar-refractivity contribution in [3.63, 3.8) is 0 Å². The fourth-order valence-corrected chi connectivity index (χ4v) is 4.20. The van der Waals surface area contributed by atoms with Gasteiger partial charge in [-0.15, -0.1) is 0 Å². The Morgan fingerprint density at radius 2 is 1.81 bits per heavy atom. The fourth-order valence-electron chi connectivity index (χ4n) is 4.20. The van der Waals surface area contributed by atoms with E-state index in [1.54, 1.807) is 59.1 Å². The monoisotopic (exact) mass is 437 g/mol. The van der Waals surface area contributed by atoms with Gasteiger partial charge in [0.1, 0.15) is 17.8 Å². The van der Waals surface area contributed by atoms with E-state index in [0.717, 1.165) is 6.42 Å². The lowest BCUT2D eigenvalue weighted by Crippen LogP contribution is -2.63. The average molecular weight is 438 g/mol. The maximum Gasteiger partial charge on any atom is 0.270 e. The molecule has 32 heavy (non-hydrogen) atoms. The number of aryl methyl sites for hydroxylation is 1. The van der Waals surface area contributed by atoms with Crippen LogP contribution in [0.2, 0.25) is 0 Å². The van der Waals surface area contributed by atoms with Crippen LogP contribution in [0.4, 0.5) is 0 Å². The quantitative estimate of drug-likeness (QED) is 0.722. The molecule has 9 nitrogen and oxygen atoms in total. The van der Waals surface area contributed by atoms with E-state index in [1.807, 2.05) is 6.07 Å². The summed E-state index contributed by atoms with van der Waals surface area (Å²) < 4.78 is 1.73. The first-order valence-electron chi connectivity index (χ1n) is 10.8. The second kappa shape index (κ2) is 9.25. The van der Waals surface area contributed by atoms with Crippen molar-refractivity contribution in [1.82, 2.24) is 25.0 Å². The van der Waals surface area contributed by atoms with Crippen LogP contribution in [0.15, 0.2) is 48.7 Å². The Morgan fingerprint density at radius 3 is 2.50 bits per heavy atom. The minimum atomic E-state index is -0.893. The molecule has 2 atom stereocenters. The molecule has 2 fully saturated rings. The largest absolute Gasteiger partial charge is 0.354 e. The molecule has 1 aromatic carbocycles. The Balaban J connectivity index is 1.56. The number of aromatic nitrogens is 1. The maximum atomic E-state index is 13.3. The van der Waals surface area contributed by atoms with Gasteiger partial charge in [-0.25, -0.2) is 0 Å². The third kappa shape index (κ3) is 4.37. The third-order valence-electron chi connectivity index (χ3n) is 6.02. The van der Waals surface area contributed by atoms with Crippen molar-refractivity contribution in [2.24, 2.45) is 7.05 Å². The summed E-state index contributed by atoms with van der Waals surface area (Å²) in [5.74, 6) is -1.12. The van der Waals surface area contributed by atoms with E-state index in [-0.39, 0.29) is 30.8 Å². The maximum absolute atomic E-state index is 13.3. The molecule has 2 aromatic rings. The SMILES string of the molecule is Cn1cccc1C(=O)N1CCN(C(=O)c2ccccc2)[C@H](C(=O)N[C@@H]2CCCNC2=O)C1. The molecule has 2 aliphatic heterocycles. The van der Waals surface area contributed by atoms with Crippen molar-refractivity contribution >= 4 is 23.6 Å². The molecule has 0 saturated carbocycles. The Labute approximate surface area is 186 Å². The molecule has 4 amide bonds. The van der Waals surface area contributed by atoms with Crippen LogP contribution >= 0.6 is 0 Å². The topological polar surface area (TPSA) is 104 Å². The van der Waals surface area contributed by atoms with E-state index < -0.39 is 18.0 Å². The number of nitrogens with one attached hydrogen (secondary N) is 2. The van der Waals surface area contributed by atoms with E-state index in [2.05, 4.69) is 10.6 Å². The Bertz CT molecular complexity index is 1020. The van der Waals surface area contributed by atoms with Gasteiger partial charge < -0.3 is 25.0 Å². The van der Waals surface area contributed by atoms with Crippen molar-refractivity contribution in [2.75, 3.05) is 26.2 Å². The standard InChI is InChI=1S/C23H27N5O4/c1-26-12-6-10-18(26)23(32)27-13-14-28(22(31)16-7-3-2-4-8-16)19(15-27)21(30)25-17-9-5-11-24-20(17)29/h2-4,6-8,10,12,17,19H,5,9,11,13-15H2,1H3,(H,24,29)(H,25,30)/t17-,19+/m1/s1. The highest BCUT2D eigenvalue weighted by atomic mass is 16.2. The molecule has 168 valence electrons. The third-order valence-corrected chi connectivity index (χ3v) is 6.02. The zero-order chi connectivity index (χ0) is 22.7. The highest BCUT2D eigenvalue weighted by Gasteiger charge is 2.39. The zero-order valence-corrected chi connectivity index (χ0v) is 18.0. The summed E-state index contributed by atoms with van der Waals surface area (Å²) in [5, 5.41) is 5.54. The first kappa shape index (κ1) is 21.6. The molecule has 4 rings (SSSR count). The molecule has 3 heterocycles. The summed E-state index contributed by atoms with van der Waals surface area (Å²) in [7, 11) is 1.79. The van der Waals surface area contributed by atoms with Crippen molar-refractivity contribution in [1.29, 1.82) is 0 Å². The highest BCUT2D eigenvalue weighted by molar-refractivity contribution is 5.99. The normalized spacial score (nSPS) is 21.1. The van der Waals surface area contributed by atoms with Crippen LogP contribution in [0, 0.1) is 0 Å². The number of hydrogen-bond donors (Lipinski definition) is 2. The van der Waals surface area contributed by atoms with Gasteiger partial charge in [0.05, 0.1) is 6.54 Å². The summed E-state index contributed by atoms with van der Waals surface area (Å²) in [6, 6.07) is 10.7. The number of hydrogen-bond acceptors (Lipinski definition) is 4. The van der Waals surface area contributed by atoms with Crippen LogP contribution in [-0.4, -0.2) is 76.3 Å². The molecule has 0 aliphatic carbocycles. The lowest BCUT2D eigenvalue weighted by molar-refractivity contribution is -0.133. The number of rotatable bonds is 4. The van der Waals surface area contributed by atoms with Crippen LogP contribution in [0.25, 0.3) is 0 Å². The zero-order valence-electron chi connectivity index (χ0n) is 18.0. The molecule has 0 unspecified atom stereocenters. The van der Waals surface area contributed by atoms with Gasteiger partial charge in [-0.3, -0.25) is 19.2 Å². The minimum absolute atomic E-state index is 0.0583. The van der Waals surface area contributed by atoms with Crippen LogP contribution in [0.3, 0.4) is 0 Å². The molecule has 9 heteroatoms. The van der Waals surface area contributed by atoms with Crippen LogP contribution in [0.1, 0.15) is 33.7 Å². The lowest BCUT2D eigenvalue weighted by Gasteiger charge is -2.41. The molecule has 1 aromatic heterocycles. The van der Waals surface area contributed by atoms with Gasteiger partial charge in [-0.1, -0.05) is 18.2 Å². The lowest BCUT2D eigenvalue weighted by atomic mass is 10.0. The predicted octanol–water partition coefficient (Wildman–Crippen LogP) is 0.387. The number of benzene rings is 1. The van der Waals surface area contributed by atoms with E-state index in [4.69, 9.17) is 0 Å². The number of piperazine rings is 1. The first-order valence-corrected chi connectivity index (χ1v) is 10.8. The van der Waals surface area contributed by atoms with E-state index in [9.17, 15) is 19.2 Å². The Kier molecular flexibility index (Phi) is 6.25. The second-order valence-electron chi connectivity index (χ2n) is 8.13. The summed E-state index contributed by atoms with van der Waals surface area (Å²) in [5.41, 5.74) is 0.988. The molecular formula is C23H27N5O4. The second-order valence-corrected chi connectivity index (χ2v) is 8.13. The van der Waals surface area contributed by atoms with E-state index >= 15 is 0 Å². The molecule has 0 radical (unpaired) electrons. The summed E-state index contributed by atoms with van der Waals surface area (Å²) in [6.45, 7) is 1.18. The number of carbonyl (C=O) groups excluding carboxylic acids is 4. The number of piperidine rings is 1. The van der Waals surface area contributed by atoms with Gasteiger partial charge in [0, 0.05) is 38.4 Å².